The second-order valence-electron chi connectivity index (χ2n) is 9.41. The van der Waals surface area contributed by atoms with Crippen molar-refractivity contribution in [2.45, 2.75) is 47.1 Å². The van der Waals surface area contributed by atoms with Crippen LogP contribution in [0, 0.1) is 5.41 Å². The molecular formula is C24H30N2O5. The molecule has 0 saturated carbocycles. The standard InChI is InChI=1S/C24H30N2O5/c1-23(2,3)14-25-21(28)15-8-9-16(18(12-15)22(29)31-24(4,5)6)17-10-11-20(30-7)26-19(17)13-27/h8-13H,14H2,1-7H3,(H,25,28). The highest BCUT2D eigenvalue weighted by Crippen LogP contribution is 2.30. The van der Waals surface area contributed by atoms with Gasteiger partial charge in [-0.3, -0.25) is 9.59 Å². The van der Waals surface area contributed by atoms with Crippen LogP contribution in [0.2, 0.25) is 0 Å². The Morgan fingerprint density at radius 2 is 1.68 bits per heavy atom. The molecule has 31 heavy (non-hydrogen) atoms. The number of hydrogen-bond acceptors (Lipinski definition) is 6. The fourth-order valence-electron chi connectivity index (χ4n) is 2.76. The highest BCUT2D eigenvalue weighted by molar-refractivity contribution is 6.03. The van der Waals surface area contributed by atoms with Gasteiger partial charge in [-0.15, -0.1) is 0 Å². The lowest BCUT2D eigenvalue weighted by molar-refractivity contribution is 0.00703. The zero-order valence-corrected chi connectivity index (χ0v) is 19.2. The smallest absolute Gasteiger partial charge is 0.339 e. The molecule has 0 bridgehead atoms. The second kappa shape index (κ2) is 9.29. The van der Waals surface area contributed by atoms with Gasteiger partial charge < -0.3 is 14.8 Å². The van der Waals surface area contributed by atoms with E-state index in [2.05, 4.69) is 10.3 Å². The fraction of sp³-hybridized carbons (Fsp3) is 0.417. The third kappa shape index (κ3) is 6.64. The van der Waals surface area contributed by atoms with E-state index in [-0.39, 0.29) is 28.5 Å². The van der Waals surface area contributed by atoms with Gasteiger partial charge in [0.1, 0.15) is 11.3 Å². The molecule has 1 aromatic heterocycles. The maximum Gasteiger partial charge on any atom is 0.339 e. The predicted molar refractivity (Wildman–Crippen MR) is 119 cm³/mol. The fourth-order valence-corrected chi connectivity index (χ4v) is 2.76. The van der Waals surface area contributed by atoms with Gasteiger partial charge in [0.05, 0.1) is 12.7 Å². The molecule has 0 aliphatic rings. The zero-order chi connectivity index (χ0) is 23.4. The van der Waals surface area contributed by atoms with Gasteiger partial charge >= 0.3 is 5.97 Å². The number of hydrogen-bond donors (Lipinski definition) is 1. The Kier molecular flexibility index (Phi) is 7.21. The first kappa shape index (κ1) is 24.1. The summed E-state index contributed by atoms with van der Waals surface area (Å²) in [4.78, 5) is 41.4. The Hall–Kier alpha value is -3.22. The average molecular weight is 427 g/mol. The number of amides is 1. The van der Waals surface area contributed by atoms with Gasteiger partial charge in [-0.1, -0.05) is 26.8 Å². The van der Waals surface area contributed by atoms with Gasteiger partial charge in [-0.25, -0.2) is 9.78 Å². The highest BCUT2D eigenvalue weighted by atomic mass is 16.6. The molecule has 0 spiro atoms. The van der Waals surface area contributed by atoms with Crippen LogP contribution in [-0.2, 0) is 4.74 Å². The Labute approximate surface area is 183 Å². The number of carbonyl (C=O) groups excluding carboxylic acids is 3. The first-order valence-electron chi connectivity index (χ1n) is 10.0. The second-order valence-corrected chi connectivity index (χ2v) is 9.41. The number of methoxy groups -OCH3 is 1. The summed E-state index contributed by atoms with van der Waals surface area (Å²) >= 11 is 0. The zero-order valence-electron chi connectivity index (χ0n) is 19.2. The van der Waals surface area contributed by atoms with Crippen LogP contribution in [0.3, 0.4) is 0 Å². The molecular weight excluding hydrogens is 396 g/mol. The molecule has 0 radical (unpaired) electrons. The number of nitrogens with one attached hydrogen (secondary N) is 1. The van der Waals surface area contributed by atoms with Crippen LogP contribution in [0.1, 0.15) is 72.7 Å². The Morgan fingerprint density at radius 1 is 1.03 bits per heavy atom. The molecule has 0 unspecified atom stereocenters. The Morgan fingerprint density at radius 3 is 2.23 bits per heavy atom. The topological polar surface area (TPSA) is 94.6 Å². The van der Waals surface area contributed by atoms with Gasteiger partial charge in [0.25, 0.3) is 5.91 Å². The molecule has 0 aliphatic heterocycles. The van der Waals surface area contributed by atoms with E-state index in [1.165, 1.54) is 13.2 Å². The third-order valence-electron chi connectivity index (χ3n) is 4.19. The van der Waals surface area contributed by atoms with Crippen LogP contribution in [0.15, 0.2) is 30.3 Å². The van der Waals surface area contributed by atoms with E-state index in [4.69, 9.17) is 9.47 Å². The first-order chi connectivity index (χ1) is 14.3. The van der Waals surface area contributed by atoms with Crippen LogP contribution >= 0.6 is 0 Å². The lowest BCUT2D eigenvalue weighted by atomic mass is 9.95. The van der Waals surface area contributed by atoms with Crippen molar-refractivity contribution in [1.29, 1.82) is 0 Å². The molecule has 7 nitrogen and oxygen atoms in total. The number of benzene rings is 1. The first-order valence-corrected chi connectivity index (χ1v) is 10.0. The van der Waals surface area contributed by atoms with E-state index in [1.54, 1.807) is 45.0 Å². The van der Waals surface area contributed by atoms with Crippen LogP contribution < -0.4 is 10.1 Å². The third-order valence-corrected chi connectivity index (χ3v) is 4.19. The van der Waals surface area contributed by atoms with Crippen molar-refractivity contribution in [2.75, 3.05) is 13.7 Å². The molecule has 1 N–H and O–H groups in total. The van der Waals surface area contributed by atoms with E-state index < -0.39 is 11.6 Å². The molecule has 1 heterocycles. The van der Waals surface area contributed by atoms with Gasteiger partial charge in [0.2, 0.25) is 5.88 Å². The minimum Gasteiger partial charge on any atom is -0.481 e. The van der Waals surface area contributed by atoms with Crippen molar-refractivity contribution >= 4 is 18.2 Å². The SMILES string of the molecule is COc1ccc(-c2ccc(C(=O)NCC(C)(C)C)cc2C(=O)OC(C)(C)C)c(C=O)n1. The van der Waals surface area contributed by atoms with Crippen molar-refractivity contribution in [2.24, 2.45) is 5.41 Å². The van der Waals surface area contributed by atoms with Gasteiger partial charge in [-0.2, -0.15) is 0 Å². The maximum absolute atomic E-state index is 13.0. The Balaban J connectivity index is 2.57. The number of pyridine rings is 1. The Bertz CT molecular complexity index is 984. The summed E-state index contributed by atoms with van der Waals surface area (Å²) in [6, 6.07) is 7.98. The largest absolute Gasteiger partial charge is 0.481 e. The van der Waals surface area contributed by atoms with Gasteiger partial charge in [-0.05, 0) is 49.9 Å². The summed E-state index contributed by atoms with van der Waals surface area (Å²) in [6.45, 7) is 11.8. The van der Waals surface area contributed by atoms with Crippen molar-refractivity contribution < 1.29 is 23.9 Å². The number of ether oxygens (including phenoxy) is 2. The quantitative estimate of drug-likeness (QED) is 0.547. The van der Waals surface area contributed by atoms with Gasteiger partial charge in [0.15, 0.2) is 6.29 Å². The summed E-state index contributed by atoms with van der Waals surface area (Å²) < 4.78 is 10.6. The molecule has 0 fully saturated rings. The minimum atomic E-state index is -0.732. The molecule has 7 heteroatoms. The normalized spacial score (nSPS) is 11.6. The molecule has 1 amide bonds. The molecule has 2 rings (SSSR count). The number of carbonyl (C=O) groups is 3. The highest BCUT2D eigenvalue weighted by Gasteiger charge is 2.24. The van der Waals surface area contributed by atoms with Gasteiger partial charge in [0, 0.05) is 23.7 Å². The average Bonchev–Trinajstić information content (AvgIpc) is 2.69. The molecule has 0 aliphatic carbocycles. The summed E-state index contributed by atoms with van der Waals surface area (Å²) in [5, 5.41) is 2.87. The number of rotatable bonds is 6. The van der Waals surface area contributed by atoms with E-state index in [1.807, 2.05) is 20.8 Å². The number of aldehydes is 1. The van der Waals surface area contributed by atoms with Crippen LogP contribution in [0.4, 0.5) is 0 Å². The van der Waals surface area contributed by atoms with E-state index in [0.29, 0.717) is 29.5 Å². The minimum absolute atomic E-state index is 0.0861. The summed E-state index contributed by atoms with van der Waals surface area (Å²) in [5.74, 6) is -0.613. The van der Waals surface area contributed by atoms with Crippen LogP contribution in [0.5, 0.6) is 5.88 Å². The van der Waals surface area contributed by atoms with Crippen molar-refractivity contribution in [1.82, 2.24) is 10.3 Å². The van der Waals surface area contributed by atoms with Crippen molar-refractivity contribution in [3.8, 4) is 17.0 Å². The maximum atomic E-state index is 13.0. The molecule has 1 aromatic carbocycles. The molecule has 166 valence electrons. The van der Waals surface area contributed by atoms with Crippen molar-refractivity contribution in [3.63, 3.8) is 0 Å². The number of esters is 1. The molecule has 0 atom stereocenters. The van der Waals surface area contributed by atoms with E-state index >= 15 is 0 Å². The lowest BCUT2D eigenvalue weighted by Gasteiger charge is -2.22. The summed E-state index contributed by atoms with van der Waals surface area (Å²) in [7, 11) is 1.45. The molecule has 0 saturated heterocycles. The monoisotopic (exact) mass is 426 g/mol. The van der Waals surface area contributed by atoms with E-state index in [9.17, 15) is 14.4 Å². The summed E-state index contributed by atoms with van der Waals surface area (Å²) in [5.41, 5.74) is 0.685. The summed E-state index contributed by atoms with van der Waals surface area (Å²) in [6.07, 6.45) is 0.598. The molecule has 2 aromatic rings. The predicted octanol–water partition coefficient (Wildman–Crippen LogP) is 4.30. The number of aromatic nitrogens is 1. The van der Waals surface area contributed by atoms with Crippen LogP contribution in [-0.4, -0.2) is 42.4 Å². The number of nitrogens with zero attached hydrogens (tertiary/aromatic N) is 1. The van der Waals surface area contributed by atoms with E-state index in [0.717, 1.165) is 0 Å². The van der Waals surface area contributed by atoms with Crippen molar-refractivity contribution in [3.05, 3.63) is 47.2 Å². The van der Waals surface area contributed by atoms with Crippen LogP contribution in [0.25, 0.3) is 11.1 Å². The lowest BCUT2D eigenvalue weighted by Crippen LogP contribution is -2.32.